The second-order valence-electron chi connectivity index (χ2n) is 16.3. The molecule has 1 unspecified atom stereocenters. The Morgan fingerprint density at radius 2 is 1.70 bits per heavy atom. The van der Waals surface area contributed by atoms with Crippen molar-refractivity contribution in [3.63, 3.8) is 0 Å². The zero-order valence-corrected chi connectivity index (χ0v) is 28.7. The van der Waals surface area contributed by atoms with Crippen LogP contribution in [0.3, 0.4) is 0 Å². The van der Waals surface area contributed by atoms with Gasteiger partial charge in [-0.2, -0.15) is 0 Å². The number of ether oxygens (including phenoxy) is 4. The third-order valence-corrected chi connectivity index (χ3v) is 12.6. The highest BCUT2D eigenvalue weighted by atomic mass is 16.7. The first-order valence-corrected chi connectivity index (χ1v) is 17.2. The number of allylic oxidation sites excluding steroid dienone is 1. The van der Waals surface area contributed by atoms with Crippen LogP contribution in [0.4, 0.5) is 15.3 Å². The Labute approximate surface area is 274 Å². The first-order valence-electron chi connectivity index (χ1n) is 17.2. The lowest BCUT2D eigenvalue weighted by atomic mass is 9.44. The van der Waals surface area contributed by atoms with E-state index in [0.29, 0.717) is 37.2 Å². The molecule has 2 N–H and O–H groups in total. The van der Waals surface area contributed by atoms with Gasteiger partial charge in [0.05, 0.1) is 18.8 Å². The number of anilines is 1. The highest BCUT2D eigenvalue weighted by molar-refractivity contribution is 5.84. The van der Waals surface area contributed by atoms with Crippen molar-refractivity contribution in [2.45, 2.75) is 97.2 Å². The van der Waals surface area contributed by atoms with Crippen molar-refractivity contribution in [2.75, 3.05) is 32.6 Å². The molecule has 0 aromatic heterocycles. The lowest BCUT2D eigenvalue weighted by Gasteiger charge is -2.63. The number of benzene rings is 1. The number of rotatable bonds is 5. The molecule has 4 aliphatic carbocycles. The van der Waals surface area contributed by atoms with Crippen LogP contribution in [0.15, 0.2) is 42.5 Å². The molecule has 2 amide bonds. The number of hydrogen-bond donors (Lipinski definition) is 2. The summed E-state index contributed by atoms with van der Waals surface area (Å²) in [5.74, 6) is 1.55. The number of para-hydroxylation sites is 1. The summed E-state index contributed by atoms with van der Waals surface area (Å²) in [6.07, 6.45) is 6.45. The molecule has 0 radical (unpaired) electrons. The van der Waals surface area contributed by atoms with E-state index in [2.05, 4.69) is 46.0 Å². The molecule has 6 rings (SSSR count). The summed E-state index contributed by atoms with van der Waals surface area (Å²) in [7, 11) is 3.33. The molecular formula is C37H54N2O7. The van der Waals surface area contributed by atoms with Crippen molar-refractivity contribution in [1.29, 1.82) is 0 Å². The van der Waals surface area contributed by atoms with Gasteiger partial charge >= 0.3 is 12.2 Å². The fraction of sp³-hybridized carbons (Fsp3) is 0.730. The van der Waals surface area contributed by atoms with Gasteiger partial charge < -0.3 is 29.0 Å². The number of hydrogen-bond acceptors (Lipinski definition) is 7. The third kappa shape index (κ3) is 5.74. The van der Waals surface area contributed by atoms with Gasteiger partial charge in [0.1, 0.15) is 12.2 Å². The first-order chi connectivity index (χ1) is 21.7. The number of nitrogens with one attached hydrogen (secondary N) is 1. The largest absolute Gasteiger partial charge is 0.446 e. The van der Waals surface area contributed by atoms with E-state index < -0.39 is 35.4 Å². The van der Waals surface area contributed by atoms with Crippen LogP contribution < -0.4 is 5.32 Å². The molecule has 1 saturated heterocycles. The average Bonchev–Trinajstić information content (AvgIpc) is 3.35. The Kier molecular flexibility index (Phi) is 8.77. The van der Waals surface area contributed by atoms with E-state index in [4.69, 9.17) is 18.9 Å². The molecule has 5 aliphatic rings. The monoisotopic (exact) mass is 638 g/mol. The molecule has 254 valence electrons. The molecule has 1 aliphatic heterocycles. The number of amides is 2. The van der Waals surface area contributed by atoms with Crippen molar-refractivity contribution >= 4 is 17.9 Å². The third-order valence-electron chi connectivity index (χ3n) is 12.6. The van der Waals surface area contributed by atoms with Crippen LogP contribution in [0.25, 0.3) is 0 Å². The fourth-order valence-corrected chi connectivity index (χ4v) is 10.1. The number of aliphatic hydroxyl groups is 1. The van der Waals surface area contributed by atoms with Gasteiger partial charge in [-0.25, -0.2) is 9.59 Å². The second-order valence-corrected chi connectivity index (χ2v) is 16.3. The molecule has 10 atom stereocenters. The van der Waals surface area contributed by atoms with E-state index in [1.54, 1.807) is 26.2 Å². The summed E-state index contributed by atoms with van der Waals surface area (Å²) >= 11 is 0. The van der Waals surface area contributed by atoms with E-state index in [0.717, 1.165) is 25.7 Å². The smallest absolute Gasteiger partial charge is 0.411 e. The van der Waals surface area contributed by atoms with E-state index in [-0.39, 0.29) is 41.3 Å². The molecular weight excluding hydrogens is 584 g/mol. The van der Waals surface area contributed by atoms with Crippen LogP contribution in [-0.2, 0) is 18.9 Å². The first kappa shape index (κ1) is 33.3. The Hall–Kier alpha value is -2.62. The summed E-state index contributed by atoms with van der Waals surface area (Å²) < 4.78 is 24.7. The van der Waals surface area contributed by atoms with Crippen LogP contribution in [0.1, 0.15) is 73.1 Å². The Morgan fingerprint density at radius 3 is 2.37 bits per heavy atom. The van der Waals surface area contributed by atoms with Gasteiger partial charge in [0.15, 0.2) is 6.29 Å². The van der Waals surface area contributed by atoms with Crippen LogP contribution in [0.5, 0.6) is 0 Å². The molecule has 9 heteroatoms. The molecule has 9 nitrogen and oxygen atoms in total. The maximum Gasteiger partial charge on any atom is 0.411 e. The molecule has 46 heavy (non-hydrogen) atoms. The Bertz CT molecular complexity index is 1310. The number of carbonyl (C=O) groups excluding carboxylic acids is 2. The van der Waals surface area contributed by atoms with E-state index in [1.807, 2.05) is 24.3 Å². The van der Waals surface area contributed by atoms with Crippen LogP contribution >= 0.6 is 0 Å². The highest BCUT2D eigenvalue weighted by Crippen LogP contribution is 2.68. The number of nitrogens with zero attached hydrogens (tertiary/aromatic N) is 1. The summed E-state index contributed by atoms with van der Waals surface area (Å²) in [5.41, 5.74) is -1.28. The molecule has 1 aromatic carbocycles. The minimum atomic E-state index is -1.31. The van der Waals surface area contributed by atoms with Crippen molar-refractivity contribution < 1.29 is 33.6 Å². The molecule has 0 bridgehead atoms. The van der Waals surface area contributed by atoms with E-state index >= 15 is 0 Å². The van der Waals surface area contributed by atoms with Crippen molar-refractivity contribution in [2.24, 2.45) is 45.8 Å². The number of fused-ring (bicyclic) bond motifs is 5. The van der Waals surface area contributed by atoms with Gasteiger partial charge in [-0.3, -0.25) is 5.32 Å². The minimum Gasteiger partial charge on any atom is -0.446 e. The van der Waals surface area contributed by atoms with Gasteiger partial charge in [0.2, 0.25) is 0 Å². The summed E-state index contributed by atoms with van der Waals surface area (Å²) in [4.78, 5) is 27.4. The molecule has 4 fully saturated rings. The van der Waals surface area contributed by atoms with E-state index in [9.17, 15) is 14.7 Å². The maximum absolute atomic E-state index is 13.1. The van der Waals surface area contributed by atoms with Gasteiger partial charge in [-0.05, 0) is 66.9 Å². The van der Waals surface area contributed by atoms with Crippen LogP contribution in [-0.4, -0.2) is 73.6 Å². The standard InChI is InChI=1S/C37H54N2O7/c1-23(31-43-21-34(2,3)22-44-31)27-13-14-28-26-15-18-37(42)20-25(45-32(40)38-24-11-9-8-10-12-24)19-30(46-33(41)39(6)7)36(37,5)29(26)16-17-35(27,28)4/h8-12,15,18,23,25-31,42H,13-14,16-17,19-22H2,1-7H3,(H,38,40)/t23?,25-,26-,27+,28-,29-,30-,35+,36-,37+/m0/s1. The van der Waals surface area contributed by atoms with Crippen molar-refractivity contribution in [3.05, 3.63) is 42.5 Å². The van der Waals surface area contributed by atoms with Gasteiger partial charge in [-0.15, -0.1) is 0 Å². The zero-order valence-electron chi connectivity index (χ0n) is 28.7. The van der Waals surface area contributed by atoms with Gasteiger partial charge in [0.25, 0.3) is 0 Å². The zero-order chi connectivity index (χ0) is 33.1. The molecule has 3 saturated carbocycles. The van der Waals surface area contributed by atoms with Crippen molar-refractivity contribution in [3.8, 4) is 0 Å². The predicted molar refractivity (Wildman–Crippen MR) is 175 cm³/mol. The fourth-order valence-electron chi connectivity index (χ4n) is 10.1. The topological polar surface area (TPSA) is 107 Å². The summed E-state index contributed by atoms with van der Waals surface area (Å²) in [6, 6.07) is 9.13. The lowest BCUT2D eigenvalue weighted by molar-refractivity contribution is -0.254. The maximum atomic E-state index is 13.1. The van der Waals surface area contributed by atoms with Gasteiger partial charge in [0, 0.05) is 49.4 Å². The minimum absolute atomic E-state index is 0.0395. The van der Waals surface area contributed by atoms with E-state index in [1.165, 1.54) is 4.90 Å². The van der Waals surface area contributed by atoms with Gasteiger partial charge in [-0.1, -0.05) is 65.0 Å². The summed E-state index contributed by atoms with van der Waals surface area (Å²) in [6.45, 7) is 12.7. The normalized spacial score (nSPS) is 40.5. The molecule has 1 aromatic rings. The highest BCUT2D eigenvalue weighted by Gasteiger charge is 2.68. The predicted octanol–water partition coefficient (Wildman–Crippen LogP) is 6.87. The molecule has 0 spiro atoms. The summed E-state index contributed by atoms with van der Waals surface area (Å²) in [5, 5.41) is 15.3. The van der Waals surface area contributed by atoms with Crippen molar-refractivity contribution in [1.82, 2.24) is 4.90 Å². The Balaban J connectivity index is 1.24. The number of carbonyl (C=O) groups is 2. The Morgan fingerprint density at radius 1 is 1.00 bits per heavy atom. The second kappa shape index (κ2) is 12.1. The SMILES string of the molecule is CC(C1OCC(C)(C)CO1)[C@H]1CC[C@H]2[C@@H]3C=C[C@@]4(O)C[C@@H](OC(=O)Nc5ccccc5)C[C@H](OC(=O)N(C)C)[C@]4(C)[C@H]3CC[C@]12C. The van der Waals surface area contributed by atoms with Crippen LogP contribution in [0.2, 0.25) is 0 Å². The van der Waals surface area contributed by atoms with Crippen LogP contribution in [0, 0.1) is 45.8 Å². The lowest BCUT2D eigenvalue weighted by Crippen LogP contribution is -2.67. The quantitative estimate of drug-likeness (QED) is 0.339. The molecule has 1 heterocycles. The average molecular weight is 639 g/mol.